The lowest BCUT2D eigenvalue weighted by Gasteiger charge is -2.16. The van der Waals surface area contributed by atoms with Gasteiger partial charge in [-0.3, -0.25) is 4.79 Å². The van der Waals surface area contributed by atoms with Gasteiger partial charge in [0.25, 0.3) is 5.91 Å². The second-order valence-corrected chi connectivity index (χ2v) is 8.92. The molecule has 162 valence electrons. The molecule has 2 rings (SSSR count). The van der Waals surface area contributed by atoms with Gasteiger partial charge in [-0.25, -0.2) is 4.39 Å². The highest BCUT2D eigenvalue weighted by atomic mass is 35.5. The first-order valence-corrected chi connectivity index (χ1v) is 11.2. The highest BCUT2D eigenvalue weighted by molar-refractivity contribution is 7.18. The molecule has 0 unspecified atom stereocenters. The third-order valence-electron chi connectivity index (χ3n) is 4.59. The van der Waals surface area contributed by atoms with Crippen molar-refractivity contribution >= 4 is 46.1 Å². The van der Waals surface area contributed by atoms with Crippen LogP contribution in [0.25, 0.3) is 5.70 Å². The predicted molar refractivity (Wildman–Crippen MR) is 126 cm³/mol. The maximum atomic E-state index is 13.4. The van der Waals surface area contributed by atoms with Crippen LogP contribution in [0.15, 0.2) is 47.0 Å². The summed E-state index contributed by atoms with van der Waals surface area (Å²) in [5, 5.41) is 6.49. The molecule has 30 heavy (non-hydrogen) atoms. The highest BCUT2D eigenvalue weighted by Gasteiger charge is 2.20. The molecule has 0 aliphatic rings. The summed E-state index contributed by atoms with van der Waals surface area (Å²) in [4.78, 5) is 13.2. The Balaban J connectivity index is 2.22. The van der Waals surface area contributed by atoms with E-state index < -0.39 is 0 Å². The number of amides is 1. The van der Waals surface area contributed by atoms with Gasteiger partial charge in [0.15, 0.2) is 0 Å². The number of hydrogen-bond acceptors (Lipinski definition) is 4. The van der Waals surface area contributed by atoms with Gasteiger partial charge in [0, 0.05) is 25.2 Å². The van der Waals surface area contributed by atoms with Crippen molar-refractivity contribution in [3.05, 3.63) is 73.2 Å². The minimum atomic E-state index is -0.332. The van der Waals surface area contributed by atoms with Gasteiger partial charge in [-0.2, -0.15) is 0 Å². The maximum Gasteiger partial charge on any atom is 0.261 e. The summed E-state index contributed by atoms with van der Waals surface area (Å²) in [6.45, 7) is 4.27. The highest BCUT2D eigenvalue weighted by Crippen LogP contribution is 2.34. The number of allylic oxidation sites excluding steroid dienone is 3. The Morgan fingerprint density at radius 2 is 2.10 bits per heavy atom. The minimum Gasteiger partial charge on any atom is -0.386 e. The molecular formula is C22H26Cl2FN3OS. The predicted octanol–water partition coefficient (Wildman–Crippen LogP) is 5.32. The average molecular weight is 470 g/mol. The number of benzene rings is 1. The summed E-state index contributed by atoms with van der Waals surface area (Å²) in [5.74, 6) is -0.605. The molecule has 0 fully saturated rings. The molecule has 0 radical (unpaired) electrons. The second kappa shape index (κ2) is 11.5. The van der Waals surface area contributed by atoms with Crippen LogP contribution in [0.1, 0.15) is 41.1 Å². The van der Waals surface area contributed by atoms with Crippen LogP contribution in [0.2, 0.25) is 4.34 Å². The molecule has 0 aliphatic heterocycles. The van der Waals surface area contributed by atoms with Crippen molar-refractivity contribution in [3.8, 4) is 0 Å². The van der Waals surface area contributed by atoms with Gasteiger partial charge < -0.3 is 16.4 Å². The van der Waals surface area contributed by atoms with Crippen molar-refractivity contribution < 1.29 is 9.18 Å². The summed E-state index contributed by atoms with van der Waals surface area (Å²) in [5.41, 5.74) is 9.02. The van der Waals surface area contributed by atoms with Crippen molar-refractivity contribution in [1.29, 1.82) is 0 Å². The van der Waals surface area contributed by atoms with Crippen LogP contribution in [0.3, 0.4) is 0 Å². The van der Waals surface area contributed by atoms with Crippen molar-refractivity contribution in [2.24, 2.45) is 5.73 Å². The molecule has 2 aromatic rings. The van der Waals surface area contributed by atoms with Gasteiger partial charge in [-0.05, 0) is 49.6 Å². The summed E-state index contributed by atoms with van der Waals surface area (Å²) < 4.78 is 13.9. The number of carbonyl (C=O) groups is 1. The number of nitrogens with one attached hydrogen (secondary N) is 2. The first-order chi connectivity index (χ1) is 14.3. The Labute approximate surface area is 191 Å². The van der Waals surface area contributed by atoms with Gasteiger partial charge in [-0.15, -0.1) is 11.3 Å². The summed E-state index contributed by atoms with van der Waals surface area (Å²) >= 11 is 14.0. The van der Waals surface area contributed by atoms with E-state index in [4.69, 9.17) is 28.9 Å². The van der Waals surface area contributed by atoms with Crippen LogP contribution in [-0.2, 0) is 6.42 Å². The Morgan fingerprint density at radius 3 is 2.70 bits per heavy atom. The molecule has 0 bridgehead atoms. The van der Waals surface area contributed by atoms with E-state index in [1.165, 1.54) is 23.5 Å². The standard InChI is InChI=1S/C22H26Cl2FN3OS/c1-4-13(2)8-18(23)20(27-3)17-11-19(30-21(17)24)22(29)28-16(12-26)10-14-6-5-7-15(25)9-14/h5-9,11,16,27H,4,10,12,26H2,1-3H3,(H,28,29)/b13-8+,20-18+/t16-/m0/s1. The number of rotatable bonds is 9. The number of nitrogens with two attached hydrogens (primary N) is 1. The van der Waals surface area contributed by atoms with Crippen LogP contribution in [0.4, 0.5) is 4.39 Å². The van der Waals surface area contributed by atoms with Gasteiger partial charge in [0.1, 0.15) is 10.2 Å². The molecule has 0 aliphatic carbocycles. The van der Waals surface area contributed by atoms with Crippen molar-refractivity contribution in [3.63, 3.8) is 0 Å². The summed E-state index contributed by atoms with van der Waals surface area (Å²) in [6, 6.07) is 7.63. The molecule has 1 aromatic carbocycles. The third kappa shape index (κ3) is 6.57. The van der Waals surface area contributed by atoms with Crippen LogP contribution in [0, 0.1) is 5.82 Å². The molecular weight excluding hydrogens is 444 g/mol. The largest absolute Gasteiger partial charge is 0.386 e. The SMILES string of the molecule is CC/C(C)=C/C(Cl)=C(\NC)c1cc(C(=O)N[C@H](CN)Cc2cccc(F)c2)sc1Cl. The van der Waals surface area contributed by atoms with Crippen molar-refractivity contribution in [2.45, 2.75) is 32.7 Å². The average Bonchev–Trinajstić information content (AvgIpc) is 3.09. The van der Waals surface area contributed by atoms with E-state index >= 15 is 0 Å². The molecule has 1 aromatic heterocycles. The van der Waals surface area contributed by atoms with Crippen LogP contribution in [-0.4, -0.2) is 25.5 Å². The molecule has 1 heterocycles. The zero-order valence-electron chi connectivity index (χ0n) is 17.2. The lowest BCUT2D eigenvalue weighted by molar-refractivity contribution is 0.0942. The lowest BCUT2D eigenvalue weighted by Crippen LogP contribution is -2.41. The van der Waals surface area contributed by atoms with Gasteiger partial charge in [0.2, 0.25) is 0 Å². The molecule has 0 spiro atoms. The van der Waals surface area contributed by atoms with Crippen LogP contribution in [0.5, 0.6) is 0 Å². The molecule has 4 N–H and O–H groups in total. The van der Waals surface area contributed by atoms with E-state index in [0.29, 0.717) is 31.9 Å². The smallest absolute Gasteiger partial charge is 0.261 e. The quantitative estimate of drug-likeness (QED) is 0.435. The summed E-state index contributed by atoms with van der Waals surface area (Å²) in [6.07, 6.45) is 3.19. The van der Waals surface area contributed by atoms with Gasteiger partial charge in [-0.1, -0.05) is 47.8 Å². The minimum absolute atomic E-state index is 0.225. The van der Waals surface area contributed by atoms with E-state index in [1.54, 1.807) is 25.2 Å². The molecule has 8 heteroatoms. The number of carbonyl (C=O) groups excluding carboxylic acids is 1. The second-order valence-electron chi connectivity index (χ2n) is 6.86. The van der Waals surface area contributed by atoms with E-state index in [9.17, 15) is 9.18 Å². The molecule has 0 saturated heterocycles. The van der Waals surface area contributed by atoms with Gasteiger partial charge >= 0.3 is 0 Å². The molecule has 1 atom stereocenters. The van der Waals surface area contributed by atoms with Gasteiger partial charge in [0.05, 0.1) is 15.6 Å². The lowest BCUT2D eigenvalue weighted by atomic mass is 10.1. The Morgan fingerprint density at radius 1 is 1.37 bits per heavy atom. The molecule has 1 amide bonds. The van der Waals surface area contributed by atoms with Crippen LogP contribution >= 0.6 is 34.5 Å². The Hall–Kier alpha value is -1.86. The Bertz CT molecular complexity index is 956. The first kappa shape index (κ1) is 24.4. The monoisotopic (exact) mass is 469 g/mol. The zero-order chi connectivity index (χ0) is 22.3. The fourth-order valence-electron chi connectivity index (χ4n) is 2.82. The summed E-state index contributed by atoms with van der Waals surface area (Å²) in [7, 11) is 1.75. The van der Waals surface area contributed by atoms with E-state index in [-0.39, 0.29) is 24.3 Å². The number of thiophene rings is 1. The Kier molecular flexibility index (Phi) is 9.37. The topological polar surface area (TPSA) is 67.2 Å². The zero-order valence-corrected chi connectivity index (χ0v) is 19.5. The number of hydrogen-bond donors (Lipinski definition) is 3. The normalized spacial score (nSPS) is 13.6. The maximum absolute atomic E-state index is 13.4. The van der Waals surface area contributed by atoms with Crippen LogP contribution < -0.4 is 16.4 Å². The van der Waals surface area contributed by atoms with Crippen molar-refractivity contribution in [2.75, 3.05) is 13.6 Å². The molecule has 4 nitrogen and oxygen atoms in total. The first-order valence-electron chi connectivity index (χ1n) is 9.58. The third-order valence-corrected chi connectivity index (χ3v) is 6.25. The molecule has 0 saturated carbocycles. The number of halogens is 3. The fraction of sp³-hybridized carbons (Fsp3) is 0.318. The van der Waals surface area contributed by atoms with E-state index in [2.05, 4.69) is 10.6 Å². The van der Waals surface area contributed by atoms with E-state index in [1.807, 2.05) is 19.9 Å². The fourth-order valence-corrected chi connectivity index (χ4v) is 4.40. The van der Waals surface area contributed by atoms with Crippen molar-refractivity contribution in [1.82, 2.24) is 10.6 Å². The van der Waals surface area contributed by atoms with E-state index in [0.717, 1.165) is 17.6 Å².